The molecule has 0 aliphatic carbocycles. The number of nitrogens with one attached hydrogen (secondary N) is 2. The fraction of sp³-hybridized carbons (Fsp3) is 0.500. The van der Waals surface area contributed by atoms with Crippen molar-refractivity contribution in [2.24, 2.45) is 7.05 Å². The minimum atomic E-state index is -0.178. The van der Waals surface area contributed by atoms with Crippen molar-refractivity contribution in [3.63, 3.8) is 0 Å². The van der Waals surface area contributed by atoms with Crippen LogP contribution >= 0.6 is 0 Å². The zero-order valence-corrected chi connectivity index (χ0v) is 18.0. The summed E-state index contributed by atoms with van der Waals surface area (Å²) in [5, 5.41) is 7.90. The zero-order chi connectivity index (χ0) is 21.1. The van der Waals surface area contributed by atoms with Gasteiger partial charge in [0.15, 0.2) is 5.52 Å². The SMILES string of the molecule is CCCc1nn(C)c2c(=O)[nH]c(-c3cc(CN4CCNCC4)ccc3OCC)nc12. The summed E-state index contributed by atoms with van der Waals surface area (Å²) in [5.74, 6) is 1.26. The molecule has 4 rings (SSSR count). The lowest BCUT2D eigenvalue weighted by molar-refractivity contribution is 0.233. The molecule has 0 spiro atoms. The second-order valence-electron chi connectivity index (χ2n) is 7.72. The third kappa shape index (κ3) is 4.11. The van der Waals surface area contributed by atoms with Gasteiger partial charge in [0.25, 0.3) is 5.56 Å². The number of aryl methyl sites for hydroxylation is 2. The van der Waals surface area contributed by atoms with Gasteiger partial charge in [-0.3, -0.25) is 14.4 Å². The van der Waals surface area contributed by atoms with Gasteiger partial charge in [0, 0.05) is 39.8 Å². The number of rotatable bonds is 7. The summed E-state index contributed by atoms with van der Waals surface area (Å²) < 4.78 is 7.49. The Morgan fingerprint density at radius 1 is 1.20 bits per heavy atom. The maximum absolute atomic E-state index is 12.9. The van der Waals surface area contributed by atoms with Crippen molar-refractivity contribution in [1.29, 1.82) is 0 Å². The monoisotopic (exact) mass is 410 g/mol. The van der Waals surface area contributed by atoms with Crippen LogP contribution < -0.4 is 15.6 Å². The van der Waals surface area contributed by atoms with E-state index in [1.54, 1.807) is 11.7 Å². The molecule has 1 aromatic carbocycles. The van der Waals surface area contributed by atoms with E-state index in [1.165, 1.54) is 5.56 Å². The van der Waals surface area contributed by atoms with Crippen molar-refractivity contribution < 1.29 is 4.74 Å². The molecule has 1 saturated heterocycles. The fourth-order valence-corrected chi connectivity index (χ4v) is 4.05. The topological polar surface area (TPSA) is 88.1 Å². The summed E-state index contributed by atoms with van der Waals surface area (Å²) >= 11 is 0. The normalized spacial score (nSPS) is 15.0. The molecule has 0 radical (unpaired) electrons. The Hall–Kier alpha value is -2.71. The molecule has 0 bridgehead atoms. The summed E-state index contributed by atoms with van der Waals surface area (Å²) in [4.78, 5) is 23.1. The minimum absolute atomic E-state index is 0.178. The van der Waals surface area contributed by atoms with Gasteiger partial charge in [0.2, 0.25) is 0 Å². The Morgan fingerprint density at radius 2 is 2.00 bits per heavy atom. The standard InChI is InChI=1S/C22H30N6O2/c1-4-6-17-19-20(27(3)26-17)22(29)25-21(24-19)16-13-15(7-8-18(16)30-5-2)14-28-11-9-23-10-12-28/h7-8,13,23H,4-6,9-12,14H2,1-3H3,(H,24,25,29). The van der Waals surface area contributed by atoms with Crippen molar-refractivity contribution in [2.75, 3.05) is 32.8 Å². The second-order valence-corrected chi connectivity index (χ2v) is 7.72. The van der Waals surface area contributed by atoms with Gasteiger partial charge in [-0.1, -0.05) is 19.4 Å². The number of hydrogen-bond donors (Lipinski definition) is 2. The van der Waals surface area contributed by atoms with Crippen LogP contribution in [-0.4, -0.2) is 57.4 Å². The molecule has 0 unspecified atom stereocenters. The van der Waals surface area contributed by atoms with Gasteiger partial charge in [-0.2, -0.15) is 5.10 Å². The lowest BCUT2D eigenvalue weighted by Crippen LogP contribution is -2.42. The Balaban J connectivity index is 1.79. The van der Waals surface area contributed by atoms with Gasteiger partial charge < -0.3 is 15.0 Å². The van der Waals surface area contributed by atoms with Crippen LogP contribution in [0.1, 0.15) is 31.5 Å². The average Bonchev–Trinajstić information content (AvgIpc) is 3.06. The van der Waals surface area contributed by atoms with E-state index in [2.05, 4.69) is 39.4 Å². The quantitative estimate of drug-likeness (QED) is 0.620. The molecule has 2 N–H and O–H groups in total. The molecule has 1 aliphatic rings. The molecular formula is C22H30N6O2. The summed E-state index contributed by atoms with van der Waals surface area (Å²) in [6.45, 7) is 9.54. The van der Waals surface area contributed by atoms with Crippen LogP contribution in [0, 0.1) is 0 Å². The predicted octanol–water partition coefficient (Wildman–Crippen LogP) is 2.08. The van der Waals surface area contributed by atoms with E-state index < -0.39 is 0 Å². The van der Waals surface area contributed by atoms with Crippen LogP contribution in [0.5, 0.6) is 5.75 Å². The fourth-order valence-electron chi connectivity index (χ4n) is 4.05. The van der Waals surface area contributed by atoms with Crippen molar-refractivity contribution in [3.8, 4) is 17.1 Å². The molecule has 0 saturated carbocycles. The Labute approximate surface area is 176 Å². The number of benzene rings is 1. The number of aromatic nitrogens is 4. The summed E-state index contributed by atoms with van der Waals surface area (Å²) in [6.07, 6.45) is 1.73. The van der Waals surface area contributed by atoms with E-state index in [9.17, 15) is 4.79 Å². The lowest BCUT2D eigenvalue weighted by atomic mass is 10.1. The van der Waals surface area contributed by atoms with Crippen LogP contribution in [0.4, 0.5) is 0 Å². The third-order valence-electron chi connectivity index (χ3n) is 5.46. The smallest absolute Gasteiger partial charge is 0.277 e. The van der Waals surface area contributed by atoms with Crippen molar-refractivity contribution in [1.82, 2.24) is 30.0 Å². The molecule has 2 aromatic heterocycles. The number of nitrogens with zero attached hydrogens (tertiary/aromatic N) is 4. The number of aromatic amines is 1. The van der Waals surface area contributed by atoms with Crippen molar-refractivity contribution in [3.05, 3.63) is 39.8 Å². The number of piperazine rings is 1. The van der Waals surface area contributed by atoms with E-state index in [-0.39, 0.29) is 5.56 Å². The number of hydrogen-bond acceptors (Lipinski definition) is 6. The highest BCUT2D eigenvalue weighted by Gasteiger charge is 2.18. The summed E-state index contributed by atoms with van der Waals surface area (Å²) in [5.41, 5.74) is 3.86. The van der Waals surface area contributed by atoms with E-state index in [0.29, 0.717) is 23.5 Å². The van der Waals surface area contributed by atoms with E-state index >= 15 is 0 Å². The lowest BCUT2D eigenvalue weighted by Gasteiger charge is -2.27. The van der Waals surface area contributed by atoms with Crippen LogP contribution in [-0.2, 0) is 20.0 Å². The van der Waals surface area contributed by atoms with E-state index in [0.717, 1.165) is 62.6 Å². The average molecular weight is 411 g/mol. The zero-order valence-electron chi connectivity index (χ0n) is 18.0. The van der Waals surface area contributed by atoms with Crippen LogP contribution in [0.25, 0.3) is 22.4 Å². The Kier molecular flexibility index (Phi) is 6.15. The number of fused-ring (bicyclic) bond motifs is 1. The highest BCUT2D eigenvalue weighted by Crippen LogP contribution is 2.30. The first-order valence-electron chi connectivity index (χ1n) is 10.8. The van der Waals surface area contributed by atoms with E-state index in [1.807, 2.05) is 13.0 Å². The largest absolute Gasteiger partial charge is 0.493 e. The summed E-state index contributed by atoms with van der Waals surface area (Å²) in [6, 6.07) is 6.17. The molecule has 8 heteroatoms. The molecule has 3 aromatic rings. The minimum Gasteiger partial charge on any atom is -0.493 e. The van der Waals surface area contributed by atoms with Crippen LogP contribution in [0.3, 0.4) is 0 Å². The van der Waals surface area contributed by atoms with Crippen LogP contribution in [0.15, 0.2) is 23.0 Å². The van der Waals surface area contributed by atoms with Gasteiger partial charge >= 0.3 is 0 Å². The van der Waals surface area contributed by atoms with Crippen molar-refractivity contribution >= 4 is 11.0 Å². The molecule has 1 aliphatic heterocycles. The molecule has 0 amide bonds. The second kappa shape index (κ2) is 8.97. The van der Waals surface area contributed by atoms with Gasteiger partial charge in [-0.15, -0.1) is 0 Å². The Morgan fingerprint density at radius 3 is 2.73 bits per heavy atom. The highest BCUT2D eigenvalue weighted by molar-refractivity contribution is 5.79. The highest BCUT2D eigenvalue weighted by atomic mass is 16.5. The van der Waals surface area contributed by atoms with Gasteiger partial charge in [-0.25, -0.2) is 4.98 Å². The van der Waals surface area contributed by atoms with Gasteiger partial charge in [-0.05, 0) is 31.0 Å². The van der Waals surface area contributed by atoms with Crippen molar-refractivity contribution in [2.45, 2.75) is 33.2 Å². The summed E-state index contributed by atoms with van der Waals surface area (Å²) in [7, 11) is 1.79. The third-order valence-corrected chi connectivity index (χ3v) is 5.46. The van der Waals surface area contributed by atoms with Gasteiger partial charge in [0.05, 0.1) is 17.9 Å². The first-order chi connectivity index (χ1) is 14.6. The number of ether oxygens (including phenoxy) is 1. The van der Waals surface area contributed by atoms with E-state index in [4.69, 9.17) is 9.72 Å². The molecular weight excluding hydrogens is 380 g/mol. The maximum Gasteiger partial charge on any atom is 0.277 e. The molecule has 0 atom stereocenters. The first-order valence-corrected chi connectivity index (χ1v) is 10.8. The molecule has 1 fully saturated rings. The first kappa shape index (κ1) is 20.6. The Bertz CT molecular complexity index is 1080. The number of H-pyrrole nitrogens is 1. The molecule has 30 heavy (non-hydrogen) atoms. The van der Waals surface area contributed by atoms with Gasteiger partial charge in [0.1, 0.15) is 17.1 Å². The molecule has 3 heterocycles. The van der Waals surface area contributed by atoms with Crippen LogP contribution in [0.2, 0.25) is 0 Å². The molecule has 160 valence electrons. The maximum atomic E-state index is 12.9. The predicted molar refractivity (Wildman–Crippen MR) is 118 cm³/mol. The molecule has 8 nitrogen and oxygen atoms in total.